The van der Waals surface area contributed by atoms with Gasteiger partial charge in [-0.05, 0) is 63.8 Å². The van der Waals surface area contributed by atoms with Gasteiger partial charge in [-0.3, -0.25) is 9.69 Å². The molecule has 0 amide bonds. The number of aliphatic hydroxyl groups is 1. The first-order chi connectivity index (χ1) is 9.40. The number of Topliss-reactive ketones (excluding diaryl/α,β-unsaturated/α-hetero) is 1. The van der Waals surface area contributed by atoms with E-state index in [1.807, 2.05) is 39.0 Å². The molecule has 3 heteroatoms. The minimum absolute atomic E-state index is 0.110. The first kappa shape index (κ1) is 15.2. The van der Waals surface area contributed by atoms with Crippen molar-refractivity contribution in [2.75, 3.05) is 13.1 Å². The van der Waals surface area contributed by atoms with Crippen molar-refractivity contribution in [2.45, 2.75) is 46.3 Å². The molecule has 1 N–H and O–H groups in total. The summed E-state index contributed by atoms with van der Waals surface area (Å²) in [4.78, 5) is 14.8. The SMILES string of the molecule is Cc1ccc(C(=O)C(C)N2CCC(C(C)O)C2)cc1C. The van der Waals surface area contributed by atoms with E-state index in [0.29, 0.717) is 5.92 Å². The van der Waals surface area contributed by atoms with Crippen LogP contribution in [0.15, 0.2) is 18.2 Å². The summed E-state index contributed by atoms with van der Waals surface area (Å²) in [6.07, 6.45) is 0.686. The van der Waals surface area contributed by atoms with Gasteiger partial charge in [-0.2, -0.15) is 0 Å². The summed E-state index contributed by atoms with van der Waals surface area (Å²) in [6.45, 7) is 9.62. The Morgan fingerprint density at radius 3 is 2.55 bits per heavy atom. The van der Waals surface area contributed by atoms with Gasteiger partial charge in [0.25, 0.3) is 0 Å². The van der Waals surface area contributed by atoms with Crippen molar-refractivity contribution < 1.29 is 9.90 Å². The highest BCUT2D eigenvalue weighted by atomic mass is 16.3. The Labute approximate surface area is 121 Å². The number of likely N-dealkylation sites (tertiary alicyclic amines) is 1. The Kier molecular flexibility index (Phi) is 4.61. The summed E-state index contributed by atoms with van der Waals surface area (Å²) in [5.74, 6) is 0.476. The molecule has 0 aliphatic carbocycles. The summed E-state index contributed by atoms with van der Waals surface area (Å²) < 4.78 is 0. The van der Waals surface area contributed by atoms with E-state index in [2.05, 4.69) is 11.8 Å². The normalized spacial score (nSPS) is 22.8. The summed E-state index contributed by atoms with van der Waals surface area (Å²) >= 11 is 0. The van der Waals surface area contributed by atoms with Gasteiger partial charge in [0.05, 0.1) is 12.1 Å². The van der Waals surface area contributed by atoms with E-state index >= 15 is 0 Å². The number of carbonyl (C=O) groups is 1. The predicted molar refractivity (Wildman–Crippen MR) is 81.1 cm³/mol. The molecule has 0 aromatic heterocycles. The highest BCUT2D eigenvalue weighted by molar-refractivity contribution is 6.00. The molecule has 3 atom stereocenters. The van der Waals surface area contributed by atoms with E-state index in [-0.39, 0.29) is 17.9 Å². The third-order valence-electron chi connectivity index (χ3n) is 4.66. The molecule has 110 valence electrons. The molecular weight excluding hydrogens is 250 g/mol. The number of aliphatic hydroxyl groups excluding tert-OH is 1. The van der Waals surface area contributed by atoms with Gasteiger partial charge in [0.15, 0.2) is 5.78 Å². The highest BCUT2D eigenvalue weighted by Gasteiger charge is 2.31. The van der Waals surface area contributed by atoms with Crippen molar-refractivity contribution in [3.8, 4) is 0 Å². The van der Waals surface area contributed by atoms with Crippen LogP contribution >= 0.6 is 0 Å². The van der Waals surface area contributed by atoms with Crippen molar-refractivity contribution in [3.63, 3.8) is 0 Å². The van der Waals surface area contributed by atoms with Crippen LogP contribution in [0, 0.1) is 19.8 Å². The van der Waals surface area contributed by atoms with Crippen molar-refractivity contribution >= 4 is 5.78 Å². The highest BCUT2D eigenvalue weighted by Crippen LogP contribution is 2.23. The van der Waals surface area contributed by atoms with Gasteiger partial charge in [-0.25, -0.2) is 0 Å². The number of benzene rings is 1. The van der Waals surface area contributed by atoms with Gasteiger partial charge in [0, 0.05) is 12.1 Å². The number of rotatable bonds is 4. The maximum atomic E-state index is 12.6. The molecule has 1 aliphatic heterocycles. The third kappa shape index (κ3) is 3.10. The van der Waals surface area contributed by atoms with Crippen LogP contribution in [0.3, 0.4) is 0 Å². The molecule has 1 fully saturated rings. The first-order valence-corrected chi connectivity index (χ1v) is 7.43. The molecule has 1 aromatic rings. The van der Waals surface area contributed by atoms with Crippen molar-refractivity contribution in [3.05, 3.63) is 34.9 Å². The maximum Gasteiger partial charge on any atom is 0.179 e. The second-order valence-corrected chi connectivity index (χ2v) is 6.12. The lowest BCUT2D eigenvalue weighted by molar-refractivity contribution is 0.0836. The van der Waals surface area contributed by atoms with Gasteiger partial charge < -0.3 is 5.11 Å². The van der Waals surface area contributed by atoms with Crippen LogP contribution in [0.25, 0.3) is 0 Å². The van der Waals surface area contributed by atoms with Crippen LogP contribution in [-0.2, 0) is 0 Å². The van der Waals surface area contributed by atoms with E-state index in [1.165, 1.54) is 5.56 Å². The monoisotopic (exact) mass is 275 g/mol. The van der Waals surface area contributed by atoms with Crippen molar-refractivity contribution in [2.24, 2.45) is 5.92 Å². The van der Waals surface area contributed by atoms with Crippen LogP contribution in [-0.4, -0.2) is 41.0 Å². The lowest BCUT2D eigenvalue weighted by atomic mass is 9.99. The molecule has 1 aromatic carbocycles. The summed E-state index contributed by atoms with van der Waals surface area (Å²) in [5, 5.41) is 9.66. The fourth-order valence-electron chi connectivity index (χ4n) is 2.86. The van der Waals surface area contributed by atoms with Crippen LogP contribution < -0.4 is 0 Å². The summed E-state index contributed by atoms with van der Waals surface area (Å²) in [6, 6.07) is 5.80. The zero-order valence-electron chi connectivity index (χ0n) is 12.9. The fraction of sp³-hybridized carbons (Fsp3) is 0.588. The molecule has 3 unspecified atom stereocenters. The Hall–Kier alpha value is -1.19. The second kappa shape index (κ2) is 6.06. The van der Waals surface area contributed by atoms with Gasteiger partial charge in [-0.15, -0.1) is 0 Å². The lowest BCUT2D eigenvalue weighted by Crippen LogP contribution is -2.38. The van der Waals surface area contributed by atoms with Crippen LogP contribution in [0.5, 0.6) is 0 Å². The minimum Gasteiger partial charge on any atom is -0.393 e. The van der Waals surface area contributed by atoms with Crippen LogP contribution in [0.4, 0.5) is 0 Å². The number of hydrogen-bond donors (Lipinski definition) is 1. The molecule has 2 rings (SSSR count). The minimum atomic E-state index is -0.288. The second-order valence-electron chi connectivity index (χ2n) is 6.12. The quantitative estimate of drug-likeness (QED) is 0.859. The molecular formula is C17H25NO2. The summed E-state index contributed by atoms with van der Waals surface area (Å²) in [5.41, 5.74) is 3.16. The largest absolute Gasteiger partial charge is 0.393 e. The molecule has 20 heavy (non-hydrogen) atoms. The molecule has 0 bridgehead atoms. The third-order valence-corrected chi connectivity index (χ3v) is 4.66. The maximum absolute atomic E-state index is 12.6. The van der Waals surface area contributed by atoms with Crippen molar-refractivity contribution in [1.82, 2.24) is 4.90 Å². The number of carbonyl (C=O) groups excluding carboxylic acids is 1. The molecule has 1 saturated heterocycles. The molecule has 1 heterocycles. The number of aryl methyl sites for hydroxylation is 2. The average Bonchev–Trinajstić information content (AvgIpc) is 2.90. The Morgan fingerprint density at radius 1 is 1.30 bits per heavy atom. The molecule has 0 saturated carbocycles. The predicted octanol–water partition coefficient (Wildman–Crippen LogP) is 2.58. The Balaban J connectivity index is 2.07. The van der Waals surface area contributed by atoms with Gasteiger partial charge in [0.2, 0.25) is 0 Å². The molecule has 0 spiro atoms. The molecule has 1 aliphatic rings. The summed E-state index contributed by atoms with van der Waals surface area (Å²) in [7, 11) is 0. The number of nitrogens with zero attached hydrogens (tertiary/aromatic N) is 1. The lowest BCUT2D eigenvalue weighted by Gasteiger charge is -2.24. The van der Waals surface area contributed by atoms with Crippen LogP contribution in [0.2, 0.25) is 0 Å². The van der Waals surface area contributed by atoms with E-state index in [4.69, 9.17) is 0 Å². The van der Waals surface area contributed by atoms with Gasteiger partial charge >= 0.3 is 0 Å². The van der Waals surface area contributed by atoms with Crippen LogP contribution in [0.1, 0.15) is 41.8 Å². The van der Waals surface area contributed by atoms with Gasteiger partial charge in [0.1, 0.15) is 0 Å². The number of ketones is 1. The average molecular weight is 275 g/mol. The van der Waals surface area contributed by atoms with E-state index < -0.39 is 0 Å². The Bertz CT molecular complexity index is 496. The fourth-order valence-corrected chi connectivity index (χ4v) is 2.86. The first-order valence-electron chi connectivity index (χ1n) is 7.43. The zero-order valence-corrected chi connectivity index (χ0v) is 12.9. The van der Waals surface area contributed by atoms with E-state index in [1.54, 1.807) is 0 Å². The zero-order chi connectivity index (χ0) is 14.9. The smallest absolute Gasteiger partial charge is 0.179 e. The standard InChI is InChI=1S/C17H25NO2/c1-11-5-6-15(9-12(11)2)17(20)13(3)18-8-7-16(10-18)14(4)19/h5-6,9,13-14,16,19H,7-8,10H2,1-4H3. The Morgan fingerprint density at radius 2 is 2.00 bits per heavy atom. The van der Waals surface area contributed by atoms with Gasteiger partial charge in [-0.1, -0.05) is 12.1 Å². The molecule has 3 nitrogen and oxygen atoms in total. The van der Waals surface area contributed by atoms with E-state index in [9.17, 15) is 9.90 Å². The number of hydrogen-bond acceptors (Lipinski definition) is 3. The van der Waals surface area contributed by atoms with E-state index in [0.717, 1.165) is 30.6 Å². The topological polar surface area (TPSA) is 40.5 Å². The van der Waals surface area contributed by atoms with Crippen molar-refractivity contribution in [1.29, 1.82) is 0 Å². The molecule has 0 radical (unpaired) electrons.